The van der Waals surface area contributed by atoms with Gasteiger partial charge >= 0.3 is 6.18 Å². The Kier molecular flexibility index (Phi) is 6.97. The van der Waals surface area contributed by atoms with Gasteiger partial charge in [0, 0.05) is 22.5 Å². The number of benzene rings is 3. The molecule has 2 aromatic heterocycles. The van der Waals surface area contributed by atoms with Gasteiger partial charge in [-0.25, -0.2) is 0 Å². The number of anilines is 2. The number of rotatable bonds is 7. The van der Waals surface area contributed by atoms with E-state index in [0.717, 1.165) is 22.6 Å². The highest BCUT2D eigenvalue weighted by atomic mass is 32.1. The lowest BCUT2D eigenvalue weighted by molar-refractivity contribution is -0.137. The Morgan fingerprint density at radius 2 is 1.82 bits per heavy atom. The molecule has 38 heavy (non-hydrogen) atoms. The summed E-state index contributed by atoms with van der Waals surface area (Å²) in [7, 11) is 0. The molecule has 192 valence electrons. The number of carbonyl (C=O) groups is 1. The third kappa shape index (κ3) is 5.76. The molecule has 5 aromatic rings. The molecule has 0 atom stereocenters. The monoisotopic (exact) mass is 533 g/mol. The molecule has 0 radical (unpaired) electrons. The largest absolute Gasteiger partial charge is 0.416 e. The first-order chi connectivity index (χ1) is 18.3. The van der Waals surface area contributed by atoms with Gasteiger partial charge in [0.05, 0.1) is 23.1 Å². The summed E-state index contributed by atoms with van der Waals surface area (Å²) in [6.07, 6.45) is -2.32. The maximum atomic E-state index is 13.0. The first-order valence-electron chi connectivity index (χ1n) is 11.7. The standard InChI is InChI=1S/C28H22F3N5OS/c29-28(30,31)22-7-1-4-18(14-22)11-12-36-17-25(34-35-36)19-5-2-6-21(15-19)27(37)33-24-16-20(9-10-23(24)32)26-8-3-13-38-26/h1-10,13-17H,11-12,32H2,(H,33,37). The van der Waals surface area contributed by atoms with Gasteiger partial charge in [-0.1, -0.05) is 47.7 Å². The van der Waals surface area contributed by atoms with Gasteiger partial charge in [0.15, 0.2) is 0 Å². The minimum Gasteiger partial charge on any atom is -0.397 e. The molecule has 2 heterocycles. The number of thiophene rings is 1. The maximum Gasteiger partial charge on any atom is 0.416 e. The first-order valence-corrected chi connectivity index (χ1v) is 12.6. The predicted octanol–water partition coefficient (Wildman–Crippen LogP) is 6.77. The number of aryl methyl sites for hydroxylation is 2. The minimum absolute atomic E-state index is 0.321. The predicted molar refractivity (Wildman–Crippen MR) is 143 cm³/mol. The van der Waals surface area contributed by atoms with Crippen molar-refractivity contribution in [2.75, 3.05) is 11.1 Å². The molecule has 0 unspecified atom stereocenters. The molecule has 0 aliphatic heterocycles. The third-order valence-electron chi connectivity index (χ3n) is 5.95. The van der Waals surface area contributed by atoms with Crippen LogP contribution in [0.3, 0.4) is 0 Å². The van der Waals surface area contributed by atoms with Crippen molar-refractivity contribution < 1.29 is 18.0 Å². The zero-order valence-electron chi connectivity index (χ0n) is 19.9. The van der Waals surface area contributed by atoms with Crippen molar-refractivity contribution in [1.82, 2.24) is 15.0 Å². The number of amides is 1. The molecule has 0 spiro atoms. The van der Waals surface area contributed by atoms with E-state index in [2.05, 4.69) is 15.6 Å². The van der Waals surface area contributed by atoms with Crippen molar-refractivity contribution in [3.8, 4) is 21.7 Å². The number of alkyl halides is 3. The number of nitrogen functional groups attached to an aromatic ring is 1. The lowest BCUT2D eigenvalue weighted by atomic mass is 10.1. The summed E-state index contributed by atoms with van der Waals surface area (Å²) in [4.78, 5) is 14.1. The van der Waals surface area contributed by atoms with Crippen molar-refractivity contribution in [3.63, 3.8) is 0 Å². The fraction of sp³-hybridized carbons (Fsp3) is 0.107. The Balaban J connectivity index is 1.28. The van der Waals surface area contributed by atoms with Gasteiger partial charge in [-0.15, -0.1) is 16.4 Å². The van der Waals surface area contributed by atoms with E-state index >= 15 is 0 Å². The van der Waals surface area contributed by atoms with Gasteiger partial charge in [0.1, 0.15) is 5.69 Å². The summed E-state index contributed by atoms with van der Waals surface area (Å²) in [6, 6.07) is 21.7. The van der Waals surface area contributed by atoms with Crippen LogP contribution in [-0.2, 0) is 19.1 Å². The van der Waals surface area contributed by atoms with Gasteiger partial charge < -0.3 is 11.1 Å². The van der Waals surface area contributed by atoms with E-state index in [1.807, 2.05) is 35.7 Å². The second-order valence-electron chi connectivity index (χ2n) is 8.63. The normalized spacial score (nSPS) is 11.4. The second-order valence-corrected chi connectivity index (χ2v) is 9.58. The number of nitrogens with one attached hydrogen (secondary N) is 1. The quantitative estimate of drug-likeness (QED) is 0.226. The van der Waals surface area contributed by atoms with E-state index in [9.17, 15) is 18.0 Å². The zero-order valence-corrected chi connectivity index (χ0v) is 20.8. The summed E-state index contributed by atoms with van der Waals surface area (Å²) in [6.45, 7) is 0.356. The van der Waals surface area contributed by atoms with E-state index in [-0.39, 0.29) is 5.91 Å². The van der Waals surface area contributed by atoms with Crippen LogP contribution in [-0.4, -0.2) is 20.9 Å². The first kappa shape index (κ1) is 25.2. The Bertz CT molecular complexity index is 1580. The number of nitrogens with zero attached hydrogens (tertiary/aromatic N) is 3. The van der Waals surface area contributed by atoms with Crippen LogP contribution in [0.4, 0.5) is 24.5 Å². The van der Waals surface area contributed by atoms with Crippen LogP contribution < -0.4 is 11.1 Å². The topological polar surface area (TPSA) is 85.8 Å². The molecule has 0 saturated carbocycles. The molecule has 0 aliphatic carbocycles. The molecule has 6 nitrogen and oxygen atoms in total. The average molecular weight is 534 g/mol. The molecule has 3 N–H and O–H groups in total. The van der Waals surface area contributed by atoms with Gasteiger partial charge in [0.25, 0.3) is 5.91 Å². The Morgan fingerprint density at radius 1 is 0.974 bits per heavy atom. The van der Waals surface area contributed by atoms with Crippen LogP contribution in [0.2, 0.25) is 0 Å². The maximum absolute atomic E-state index is 13.0. The highest BCUT2D eigenvalue weighted by molar-refractivity contribution is 7.13. The number of aromatic nitrogens is 3. The van der Waals surface area contributed by atoms with Crippen LogP contribution in [0, 0.1) is 0 Å². The van der Waals surface area contributed by atoms with Gasteiger partial charge in [-0.05, 0) is 59.3 Å². The molecule has 5 rings (SSSR count). The smallest absolute Gasteiger partial charge is 0.397 e. The molecule has 0 aliphatic rings. The number of carbonyl (C=O) groups excluding carboxylic acids is 1. The molecule has 10 heteroatoms. The Labute approximate surface area is 220 Å². The van der Waals surface area contributed by atoms with Crippen LogP contribution in [0.15, 0.2) is 90.4 Å². The number of hydrogen-bond acceptors (Lipinski definition) is 5. The summed E-state index contributed by atoms with van der Waals surface area (Å²) in [5.41, 5.74) is 9.56. The van der Waals surface area contributed by atoms with Crippen LogP contribution >= 0.6 is 11.3 Å². The van der Waals surface area contributed by atoms with Gasteiger partial charge in [0.2, 0.25) is 0 Å². The van der Waals surface area contributed by atoms with E-state index < -0.39 is 11.7 Å². The number of nitrogens with two attached hydrogens (primary N) is 1. The lowest BCUT2D eigenvalue weighted by Crippen LogP contribution is -2.13. The van der Waals surface area contributed by atoms with Crippen LogP contribution in [0.25, 0.3) is 21.7 Å². The van der Waals surface area contributed by atoms with Crippen molar-refractivity contribution >= 4 is 28.6 Å². The minimum atomic E-state index is -4.38. The van der Waals surface area contributed by atoms with E-state index in [0.29, 0.717) is 46.7 Å². The molecule has 0 saturated heterocycles. The summed E-state index contributed by atoms with van der Waals surface area (Å²) in [5, 5.41) is 13.1. The van der Waals surface area contributed by atoms with Crippen molar-refractivity contribution in [2.24, 2.45) is 0 Å². The summed E-state index contributed by atoms with van der Waals surface area (Å²) in [5.74, 6) is -0.321. The second kappa shape index (κ2) is 10.5. The average Bonchev–Trinajstić information content (AvgIpc) is 3.61. The van der Waals surface area contributed by atoms with E-state index in [1.54, 1.807) is 52.5 Å². The number of hydrogen-bond donors (Lipinski definition) is 2. The highest BCUT2D eigenvalue weighted by Gasteiger charge is 2.30. The third-order valence-corrected chi connectivity index (χ3v) is 6.87. The molecule has 0 fully saturated rings. The van der Waals surface area contributed by atoms with Crippen LogP contribution in [0.1, 0.15) is 21.5 Å². The van der Waals surface area contributed by atoms with Crippen molar-refractivity contribution in [3.05, 3.63) is 107 Å². The fourth-order valence-electron chi connectivity index (χ4n) is 3.96. The van der Waals surface area contributed by atoms with Crippen molar-refractivity contribution in [2.45, 2.75) is 19.1 Å². The molecular formula is C28H22F3N5OS. The highest BCUT2D eigenvalue weighted by Crippen LogP contribution is 2.31. The lowest BCUT2D eigenvalue weighted by Gasteiger charge is -2.10. The SMILES string of the molecule is Nc1ccc(-c2cccs2)cc1NC(=O)c1cccc(-c2cn(CCc3cccc(C(F)(F)F)c3)nn2)c1. The van der Waals surface area contributed by atoms with E-state index in [4.69, 9.17) is 5.73 Å². The number of halogens is 3. The molecule has 3 aromatic carbocycles. The van der Waals surface area contributed by atoms with Crippen molar-refractivity contribution in [1.29, 1.82) is 0 Å². The Hall–Kier alpha value is -4.44. The van der Waals surface area contributed by atoms with Gasteiger partial charge in [-0.2, -0.15) is 13.2 Å². The van der Waals surface area contributed by atoms with E-state index in [1.165, 1.54) is 6.07 Å². The summed E-state index contributed by atoms with van der Waals surface area (Å²) >= 11 is 1.60. The molecular weight excluding hydrogens is 511 g/mol. The van der Waals surface area contributed by atoms with Crippen LogP contribution in [0.5, 0.6) is 0 Å². The fourth-order valence-corrected chi connectivity index (χ4v) is 4.69. The summed E-state index contributed by atoms with van der Waals surface area (Å²) < 4.78 is 40.5. The van der Waals surface area contributed by atoms with Gasteiger partial charge in [-0.3, -0.25) is 9.48 Å². The Morgan fingerprint density at radius 3 is 2.61 bits per heavy atom. The zero-order chi connectivity index (χ0) is 26.7. The molecule has 0 bridgehead atoms. The molecule has 1 amide bonds.